The molecule has 0 atom stereocenters. The number of fused-ring (bicyclic) bond motifs is 1. The van der Waals surface area contributed by atoms with Gasteiger partial charge in [-0.3, -0.25) is 0 Å². The highest BCUT2D eigenvalue weighted by atomic mass is 32.1. The molecule has 1 heterocycles. The van der Waals surface area contributed by atoms with Gasteiger partial charge in [0.15, 0.2) is 0 Å². The van der Waals surface area contributed by atoms with E-state index >= 15 is 0 Å². The first-order valence-corrected chi connectivity index (χ1v) is 5.72. The van der Waals surface area contributed by atoms with Crippen molar-refractivity contribution in [2.75, 3.05) is 0 Å². The summed E-state index contributed by atoms with van der Waals surface area (Å²) in [6, 6.07) is 0. The maximum absolute atomic E-state index is 3.70. The molecule has 72 valence electrons. The van der Waals surface area contributed by atoms with Crippen LogP contribution in [0.2, 0.25) is 0 Å². The van der Waals surface area contributed by atoms with Crippen molar-refractivity contribution in [3.63, 3.8) is 0 Å². The van der Waals surface area contributed by atoms with Gasteiger partial charge < -0.3 is 0 Å². The first kappa shape index (κ1) is 9.47. The Hall–Kier alpha value is -1.08. The minimum Gasteiger partial charge on any atom is -0.144 e. The highest BCUT2D eigenvalue weighted by molar-refractivity contribution is 7.12. The van der Waals surface area contributed by atoms with Gasteiger partial charge in [0, 0.05) is 9.75 Å². The van der Waals surface area contributed by atoms with Crippen LogP contribution in [0.4, 0.5) is 0 Å². The van der Waals surface area contributed by atoms with E-state index in [9.17, 15) is 0 Å². The molecule has 0 aromatic carbocycles. The summed E-state index contributed by atoms with van der Waals surface area (Å²) in [6.45, 7) is 5.89. The van der Waals surface area contributed by atoms with Crippen molar-refractivity contribution in [1.82, 2.24) is 0 Å². The van der Waals surface area contributed by atoms with Gasteiger partial charge in [-0.05, 0) is 30.9 Å². The summed E-state index contributed by atoms with van der Waals surface area (Å²) in [5.74, 6) is 0. The molecule has 1 heteroatoms. The third-order valence-electron chi connectivity index (χ3n) is 2.47. The van der Waals surface area contributed by atoms with Gasteiger partial charge in [0.1, 0.15) is 0 Å². The molecule has 0 saturated carbocycles. The highest BCUT2D eigenvalue weighted by Crippen LogP contribution is 2.33. The zero-order valence-electron chi connectivity index (χ0n) is 8.42. The van der Waals surface area contributed by atoms with Crippen molar-refractivity contribution in [3.8, 4) is 0 Å². The number of rotatable bonds is 2. The van der Waals surface area contributed by atoms with Gasteiger partial charge in [-0.2, -0.15) is 0 Å². The van der Waals surface area contributed by atoms with Crippen molar-refractivity contribution in [1.29, 1.82) is 0 Å². The molecule has 0 amide bonds. The molecule has 0 bridgehead atoms. The number of hydrogen-bond donors (Lipinski definition) is 0. The number of thiophene rings is 1. The van der Waals surface area contributed by atoms with Crippen molar-refractivity contribution >= 4 is 23.5 Å². The number of aryl methyl sites for hydroxylation is 2. The molecule has 1 aromatic heterocycles. The van der Waals surface area contributed by atoms with E-state index in [1.165, 1.54) is 33.7 Å². The van der Waals surface area contributed by atoms with Gasteiger partial charge in [-0.1, -0.05) is 37.0 Å². The van der Waals surface area contributed by atoms with E-state index < -0.39 is 0 Å². The molecule has 0 unspecified atom stereocenters. The molecule has 1 aliphatic rings. The standard InChI is InChI=1S/C13H14S/c1-3-4-7-11-10(2)14-13-9-6-5-8-12(11)13/h3-5,7-8H,1,6,9H2,2H3/b7-4-. The Balaban J connectivity index is 2.49. The van der Waals surface area contributed by atoms with E-state index in [0.29, 0.717) is 0 Å². The second-order valence-corrected chi connectivity index (χ2v) is 4.75. The van der Waals surface area contributed by atoms with E-state index in [2.05, 4.69) is 31.7 Å². The fourth-order valence-electron chi connectivity index (χ4n) is 1.79. The number of allylic oxidation sites excluding steroid dienone is 3. The lowest BCUT2D eigenvalue weighted by atomic mass is 10.0. The zero-order valence-corrected chi connectivity index (χ0v) is 9.23. The lowest BCUT2D eigenvalue weighted by Gasteiger charge is -2.04. The smallest absolute Gasteiger partial charge is 0.0130 e. The van der Waals surface area contributed by atoms with Crippen molar-refractivity contribution in [3.05, 3.63) is 45.7 Å². The summed E-state index contributed by atoms with van der Waals surface area (Å²) in [6.07, 6.45) is 12.9. The molecule has 1 aromatic rings. The molecule has 0 radical (unpaired) electrons. The quantitative estimate of drug-likeness (QED) is 0.630. The predicted octanol–water partition coefficient (Wildman–Crippen LogP) is 4.22. The highest BCUT2D eigenvalue weighted by Gasteiger charge is 2.12. The summed E-state index contributed by atoms with van der Waals surface area (Å²) in [7, 11) is 0. The van der Waals surface area contributed by atoms with E-state index in [1.807, 2.05) is 23.5 Å². The molecule has 0 fully saturated rings. The SMILES string of the molecule is C=C/C=C\c1c(C)sc2c1C=CCC2. The van der Waals surface area contributed by atoms with Crippen LogP contribution < -0.4 is 0 Å². The van der Waals surface area contributed by atoms with E-state index in [-0.39, 0.29) is 0 Å². The molecule has 0 N–H and O–H groups in total. The molecule has 0 aliphatic heterocycles. The van der Waals surface area contributed by atoms with Crippen LogP contribution in [0.5, 0.6) is 0 Å². The molecule has 14 heavy (non-hydrogen) atoms. The normalized spacial score (nSPS) is 14.6. The first-order valence-electron chi connectivity index (χ1n) is 4.91. The predicted molar refractivity (Wildman–Crippen MR) is 65.6 cm³/mol. The Morgan fingerprint density at radius 3 is 3.14 bits per heavy atom. The third kappa shape index (κ3) is 1.60. The number of hydrogen-bond acceptors (Lipinski definition) is 1. The topological polar surface area (TPSA) is 0 Å². The lowest BCUT2D eigenvalue weighted by molar-refractivity contribution is 1.01. The third-order valence-corrected chi connectivity index (χ3v) is 3.66. The summed E-state index contributed by atoms with van der Waals surface area (Å²) in [5.41, 5.74) is 2.80. The Kier molecular flexibility index (Phi) is 2.69. The zero-order chi connectivity index (χ0) is 9.97. The molecule has 2 rings (SSSR count). The van der Waals surface area contributed by atoms with Crippen LogP contribution in [0.25, 0.3) is 12.2 Å². The maximum atomic E-state index is 3.70. The van der Waals surface area contributed by atoms with Gasteiger partial charge >= 0.3 is 0 Å². The Morgan fingerprint density at radius 1 is 1.50 bits per heavy atom. The lowest BCUT2D eigenvalue weighted by Crippen LogP contribution is -1.88. The molecule has 1 aliphatic carbocycles. The van der Waals surface area contributed by atoms with Crippen molar-refractivity contribution in [2.45, 2.75) is 19.8 Å². The van der Waals surface area contributed by atoms with Gasteiger partial charge in [0.25, 0.3) is 0 Å². The summed E-state index contributed by atoms with van der Waals surface area (Å²) in [4.78, 5) is 2.95. The van der Waals surface area contributed by atoms with Crippen LogP contribution in [-0.2, 0) is 6.42 Å². The van der Waals surface area contributed by atoms with Crippen LogP contribution in [-0.4, -0.2) is 0 Å². The Morgan fingerprint density at radius 2 is 2.36 bits per heavy atom. The maximum Gasteiger partial charge on any atom is 0.0130 e. The summed E-state index contributed by atoms with van der Waals surface area (Å²) >= 11 is 1.93. The van der Waals surface area contributed by atoms with Crippen LogP contribution in [0.3, 0.4) is 0 Å². The van der Waals surface area contributed by atoms with Crippen LogP contribution >= 0.6 is 11.3 Å². The van der Waals surface area contributed by atoms with Crippen molar-refractivity contribution < 1.29 is 0 Å². The largest absolute Gasteiger partial charge is 0.144 e. The van der Waals surface area contributed by atoms with E-state index in [4.69, 9.17) is 0 Å². The van der Waals surface area contributed by atoms with Gasteiger partial charge in [-0.15, -0.1) is 11.3 Å². The van der Waals surface area contributed by atoms with Gasteiger partial charge in [0.05, 0.1) is 0 Å². The van der Waals surface area contributed by atoms with Crippen LogP contribution in [0.15, 0.2) is 24.8 Å². The minimum atomic E-state index is 1.19. The van der Waals surface area contributed by atoms with Crippen LogP contribution in [0, 0.1) is 6.92 Å². The fraction of sp³-hybridized carbons (Fsp3) is 0.231. The van der Waals surface area contributed by atoms with Crippen LogP contribution in [0.1, 0.15) is 27.3 Å². The molecule has 0 saturated heterocycles. The molecular formula is C13H14S. The second kappa shape index (κ2) is 3.97. The second-order valence-electron chi connectivity index (χ2n) is 3.44. The van der Waals surface area contributed by atoms with Crippen molar-refractivity contribution in [2.24, 2.45) is 0 Å². The fourth-order valence-corrected chi connectivity index (χ4v) is 2.96. The molecular weight excluding hydrogens is 188 g/mol. The average Bonchev–Trinajstić information content (AvgIpc) is 2.51. The Labute approximate surface area is 89.3 Å². The van der Waals surface area contributed by atoms with E-state index in [0.717, 1.165) is 0 Å². The Bertz CT molecular complexity index is 405. The summed E-state index contributed by atoms with van der Waals surface area (Å²) in [5, 5.41) is 0. The monoisotopic (exact) mass is 202 g/mol. The molecule has 0 nitrogen and oxygen atoms in total. The first-order chi connectivity index (χ1) is 6.83. The van der Waals surface area contributed by atoms with Gasteiger partial charge in [-0.25, -0.2) is 0 Å². The molecule has 0 spiro atoms. The average molecular weight is 202 g/mol. The van der Waals surface area contributed by atoms with E-state index in [1.54, 1.807) is 0 Å². The summed E-state index contributed by atoms with van der Waals surface area (Å²) < 4.78 is 0. The minimum absolute atomic E-state index is 1.19. The van der Waals surface area contributed by atoms with Gasteiger partial charge in [0.2, 0.25) is 0 Å².